The van der Waals surface area contributed by atoms with E-state index in [4.69, 9.17) is 14.6 Å². The van der Waals surface area contributed by atoms with Crippen LogP contribution >= 0.6 is 0 Å². The second-order valence-corrected chi connectivity index (χ2v) is 4.02. The molecular weight excluding hydrogens is 210 g/mol. The fourth-order valence-electron chi connectivity index (χ4n) is 1.69. The summed E-state index contributed by atoms with van der Waals surface area (Å²) in [7, 11) is 0. The lowest BCUT2D eigenvalue weighted by Gasteiger charge is -2.19. The molecule has 0 bridgehead atoms. The zero-order valence-electron chi connectivity index (χ0n) is 8.93. The van der Waals surface area contributed by atoms with Crippen molar-refractivity contribution in [2.45, 2.75) is 25.4 Å². The molecule has 0 unspecified atom stereocenters. The molecule has 16 heavy (non-hydrogen) atoms. The largest absolute Gasteiger partial charge is 0.502 e. The minimum absolute atomic E-state index is 0.0960. The zero-order valence-corrected chi connectivity index (χ0v) is 8.93. The molecule has 1 aromatic heterocycles. The summed E-state index contributed by atoms with van der Waals surface area (Å²) in [5, 5.41) is 18.0. The van der Waals surface area contributed by atoms with E-state index < -0.39 is 5.43 Å². The van der Waals surface area contributed by atoms with Gasteiger partial charge in [0.1, 0.15) is 12.0 Å². The van der Waals surface area contributed by atoms with E-state index in [1.54, 1.807) is 0 Å². The van der Waals surface area contributed by atoms with Gasteiger partial charge in [-0.05, 0) is 12.8 Å². The highest BCUT2D eigenvalue weighted by atomic mass is 16.4. The second-order valence-electron chi connectivity index (χ2n) is 4.02. The summed E-state index contributed by atoms with van der Waals surface area (Å²) in [5.41, 5.74) is -0.430. The third-order valence-corrected chi connectivity index (χ3v) is 2.68. The maximum Gasteiger partial charge on any atom is 0.226 e. The van der Waals surface area contributed by atoms with E-state index in [0.29, 0.717) is 24.9 Å². The van der Waals surface area contributed by atoms with Crippen LogP contribution in [0.1, 0.15) is 18.6 Å². The molecule has 2 N–H and O–H groups in total. The van der Waals surface area contributed by atoms with Crippen LogP contribution in [0, 0.1) is 0 Å². The van der Waals surface area contributed by atoms with Crippen LogP contribution in [0.15, 0.2) is 21.5 Å². The standard InChI is InChI=1S/C11H15NO4/c13-4-3-12(8-1-2-8)6-9-5-10(14)11(15)7-16-9/h5,7-8,13,15H,1-4,6H2. The van der Waals surface area contributed by atoms with E-state index >= 15 is 0 Å². The molecule has 1 aliphatic carbocycles. The van der Waals surface area contributed by atoms with Gasteiger partial charge in [0.05, 0.1) is 13.2 Å². The second kappa shape index (κ2) is 4.67. The first-order chi connectivity index (χ1) is 7.70. The molecule has 0 saturated heterocycles. The van der Waals surface area contributed by atoms with Crippen molar-refractivity contribution in [1.29, 1.82) is 0 Å². The lowest BCUT2D eigenvalue weighted by molar-refractivity contribution is 0.172. The van der Waals surface area contributed by atoms with Crippen molar-refractivity contribution >= 4 is 0 Å². The quantitative estimate of drug-likeness (QED) is 0.754. The Bertz CT molecular complexity index is 411. The molecule has 2 rings (SSSR count). The van der Waals surface area contributed by atoms with E-state index in [0.717, 1.165) is 19.1 Å². The van der Waals surface area contributed by atoms with Gasteiger partial charge < -0.3 is 14.6 Å². The molecule has 5 heteroatoms. The molecule has 0 spiro atoms. The Morgan fingerprint density at radius 1 is 1.50 bits per heavy atom. The van der Waals surface area contributed by atoms with Crippen LogP contribution in [0.4, 0.5) is 0 Å². The molecule has 1 saturated carbocycles. The fourth-order valence-corrected chi connectivity index (χ4v) is 1.69. The predicted molar refractivity (Wildman–Crippen MR) is 57.2 cm³/mol. The molecular formula is C11H15NO4. The first kappa shape index (κ1) is 11.2. The highest BCUT2D eigenvalue weighted by molar-refractivity contribution is 5.15. The molecule has 0 aromatic carbocycles. The number of rotatable bonds is 5. The van der Waals surface area contributed by atoms with Gasteiger partial charge in [-0.3, -0.25) is 9.69 Å². The zero-order chi connectivity index (χ0) is 11.5. The van der Waals surface area contributed by atoms with E-state index in [9.17, 15) is 4.79 Å². The summed E-state index contributed by atoms with van der Waals surface area (Å²) in [4.78, 5) is 13.3. The number of aliphatic hydroxyl groups is 1. The van der Waals surface area contributed by atoms with Crippen molar-refractivity contribution in [3.05, 3.63) is 28.3 Å². The molecule has 0 amide bonds. The van der Waals surface area contributed by atoms with Gasteiger partial charge >= 0.3 is 0 Å². The van der Waals surface area contributed by atoms with Gasteiger partial charge in [-0.25, -0.2) is 0 Å². The average molecular weight is 225 g/mol. The fraction of sp³-hybridized carbons (Fsp3) is 0.545. The lowest BCUT2D eigenvalue weighted by atomic mass is 10.3. The lowest BCUT2D eigenvalue weighted by Crippen LogP contribution is -2.28. The van der Waals surface area contributed by atoms with Crippen LogP contribution in [-0.2, 0) is 6.54 Å². The first-order valence-electron chi connectivity index (χ1n) is 5.36. The van der Waals surface area contributed by atoms with Crippen LogP contribution < -0.4 is 5.43 Å². The van der Waals surface area contributed by atoms with Crippen LogP contribution in [0.25, 0.3) is 0 Å². The molecule has 1 aliphatic rings. The van der Waals surface area contributed by atoms with Gasteiger partial charge in [-0.1, -0.05) is 0 Å². The van der Waals surface area contributed by atoms with Gasteiger partial charge in [0.2, 0.25) is 5.43 Å². The van der Waals surface area contributed by atoms with Crippen LogP contribution in [-0.4, -0.2) is 34.3 Å². The van der Waals surface area contributed by atoms with Gasteiger partial charge in [0.15, 0.2) is 5.75 Å². The van der Waals surface area contributed by atoms with Crippen LogP contribution in [0.5, 0.6) is 5.75 Å². The normalized spacial score (nSPS) is 15.6. The number of hydrogen-bond donors (Lipinski definition) is 2. The van der Waals surface area contributed by atoms with Crippen molar-refractivity contribution in [2.75, 3.05) is 13.2 Å². The molecule has 1 fully saturated rings. The Morgan fingerprint density at radius 2 is 2.25 bits per heavy atom. The third kappa shape index (κ3) is 2.62. The monoisotopic (exact) mass is 225 g/mol. The minimum Gasteiger partial charge on any atom is -0.502 e. The Kier molecular flexibility index (Phi) is 3.26. The first-order valence-corrected chi connectivity index (χ1v) is 5.36. The maximum atomic E-state index is 11.2. The van der Waals surface area contributed by atoms with E-state index in [1.807, 2.05) is 0 Å². The summed E-state index contributed by atoms with van der Waals surface area (Å²) in [6.07, 6.45) is 3.31. The van der Waals surface area contributed by atoms with Gasteiger partial charge in [0.25, 0.3) is 0 Å². The predicted octanol–water partition coefficient (Wildman–Crippen LogP) is 0.302. The Hall–Kier alpha value is -1.33. The summed E-state index contributed by atoms with van der Waals surface area (Å²) >= 11 is 0. The summed E-state index contributed by atoms with van der Waals surface area (Å²) in [6.45, 7) is 1.18. The highest BCUT2D eigenvalue weighted by Crippen LogP contribution is 2.27. The molecule has 88 valence electrons. The molecule has 5 nitrogen and oxygen atoms in total. The summed E-state index contributed by atoms with van der Waals surface area (Å²) < 4.78 is 5.12. The average Bonchev–Trinajstić information content (AvgIpc) is 3.06. The number of aromatic hydroxyl groups is 1. The summed E-state index contributed by atoms with van der Waals surface area (Å²) in [6, 6.07) is 1.79. The van der Waals surface area contributed by atoms with Gasteiger partial charge in [0, 0.05) is 18.7 Å². The highest BCUT2D eigenvalue weighted by Gasteiger charge is 2.28. The van der Waals surface area contributed by atoms with E-state index in [-0.39, 0.29) is 12.4 Å². The van der Waals surface area contributed by atoms with E-state index in [2.05, 4.69) is 4.90 Å². The Balaban J connectivity index is 2.06. The molecule has 1 heterocycles. The van der Waals surface area contributed by atoms with Gasteiger partial charge in [-0.2, -0.15) is 0 Å². The topological polar surface area (TPSA) is 73.9 Å². The van der Waals surface area contributed by atoms with Crippen LogP contribution in [0.2, 0.25) is 0 Å². The number of nitrogens with zero attached hydrogens (tertiary/aromatic N) is 1. The molecule has 0 atom stereocenters. The van der Waals surface area contributed by atoms with Crippen molar-refractivity contribution in [3.8, 4) is 5.75 Å². The SMILES string of the molecule is O=c1cc(CN(CCO)C2CC2)occ1O. The van der Waals surface area contributed by atoms with Gasteiger partial charge in [-0.15, -0.1) is 0 Å². The minimum atomic E-state index is -0.430. The third-order valence-electron chi connectivity index (χ3n) is 2.68. The van der Waals surface area contributed by atoms with Crippen molar-refractivity contribution in [3.63, 3.8) is 0 Å². The molecule has 1 aromatic rings. The Labute approximate surface area is 92.9 Å². The van der Waals surface area contributed by atoms with Crippen LogP contribution in [0.3, 0.4) is 0 Å². The maximum absolute atomic E-state index is 11.2. The van der Waals surface area contributed by atoms with Crippen molar-refractivity contribution in [1.82, 2.24) is 4.90 Å². The number of aliphatic hydroxyl groups excluding tert-OH is 1. The molecule has 0 aliphatic heterocycles. The van der Waals surface area contributed by atoms with Crippen molar-refractivity contribution in [2.24, 2.45) is 0 Å². The summed E-state index contributed by atoms with van der Waals surface area (Å²) in [5.74, 6) is 0.145. The van der Waals surface area contributed by atoms with E-state index in [1.165, 1.54) is 6.07 Å². The Morgan fingerprint density at radius 3 is 2.81 bits per heavy atom. The molecule has 0 radical (unpaired) electrons. The smallest absolute Gasteiger partial charge is 0.226 e. The number of hydrogen-bond acceptors (Lipinski definition) is 5. The van der Waals surface area contributed by atoms with Crippen molar-refractivity contribution < 1.29 is 14.6 Å².